The fourth-order valence-corrected chi connectivity index (χ4v) is 2.21. The number of aryl methyl sites for hydroxylation is 3. The van der Waals surface area contributed by atoms with Gasteiger partial charge in [-0.2, -0.15) is 0 Å². The molecule has 2 aromatic carbocycles. The van der Waals surface area contributed by atoms with Gasteiger partial charge in [-0.05, 0) is 43.5 Å². The van der Waals surface area contributed by atoms with E-state index < -0.39 is 0 Å². The molecule has 3 heteroatoms. The Bertz CT molecular complexity index is 647. The SMILES string of the molecule is Cc1cccc(CC(=O)Nc2cc(N)c(C)cc2C)c1. The van der Waals surface area contributed by atoms with E-state index in [1.54, 1.807) is 0 Å². The molecule has 0 aromatic heterocycles. The highest BCUT2D eigenvalue weighted by atomic mass is 16.1. The van der Waals surface area contributed by atoms with E-state index in [9.17, 15) is 4.79 Å². The van der Waals surface area contributed by atoms with Crippen LogP contribution in [0.5, 0.6) is 0 Å². The highest BCUT2D eigenvalue weighted by Gasteiger charge is 2.08. The van der Waals surface area contributed by atoms with E-state index in [0.717, 1.165) is 27.9 Å². The third-order valence-electron chi connectivity index (χ3n) is 3.33. The number of nitrogens with two attached hydrogens (primary N) is 1. The van der Waals surface area contributed by atoms with E-state index in [0.29, 0.717) is 12.1 Å². The van der Waals surface area contributed by atoms with Crippen LogP contribution < -0.4 is 11.1 Å². The summed E-state index contributed by atoms with van der Waals surface area (Å²) in [6.45, 7) is 5.95. The Hall–Kier alpha value is -2.29. The number of amides is 1. The van der Waals surface area contributed by atoms with Gasteiger partial charge in [0.1, 0.15) is 0 Å². The first-order valence-electron chi connectivity index (χ1n) is 6.68. The van der Waals surface area contributed by atoms with E-state index in [-0.39, 0.29) is 5.91 Å². The van der Waals surface area contributed by atoms with E-state index >= 15 is 0 Å². The molecule has 0 spiro atoms. The van der Waals surface area contributed by atoms with Crippen LogP contribution in [0.15, 0.2) is 36.4 Å². The number of carbonyl (C=O) groups is 1. The first kappa shape index (κ1) is 14.1. The van der Waals surface area contributed by atoms with Gasteiger partial charge in [-0.1, -0.05) is 35.9 Å². The molecule has 2 aromatic rings. The molecule has 0 aliphatic rings. The standard InChI is InChI=1S/C17H20N2O/c1-11-5-4-6-14(7-11)9-17(20)19-16-10-15(18)12(2)8-13(16)3/h4-8,10H,9,18H2,1-3H3,(H,19,20). The summed E-state index contributed by atoms with van der Waals surface area (Å²) >= 11 is 0. The number of hydrogen-bond donors (Lipinski definition) is 2. The Kier molecular flexibility index (Phi) is 4.08. The Morgan fingerprint density at radius 2 is 1.85 bits per heavy atom. The maximum Gasteiger partial charge on any atom is 0.228 e. The van der Waals surface area contributed by atoms with E-state index in [4.69, 9.17) is 5.73 Å². The minimum Gasteiger partial charge on any atom is -0.398 e. The molecule has 0 aliphatic carbocycles. The molecule has 2 rings (SSSR count). The number of carbonyl (C=O) groups excluding carboxylic acids is 1. The minimum absolute atomic E-state index is 0.0260. The molecule has 104 valence electrons. The summed E-state index contributed by atoms with van der Waals surface area (Å²) in [6.07, 6.45) is 0.370. The van der Waals surface area contributed by atoms with Crippen molar-refractivity contribution in [2.75, 3.05) is 11.1 Å². The van der Waals surface area contributed by atoms with Gasteiger partial charge in [0.15, 0.2) is 0 Å². The molecule has 20 heavy (non-hydrogen) atoms. The summed E-state index contributed by atoms with van der Waals surface area (Å²) in [4.78, 5) is 12.1. The number of anilines is 2. The summed E-state index contributed by atoms with van der Waals surface area (Å²) in [6, 6.07) is 11.8. The lowest BCUT2D eigenvalue weighted by molar-refractivity contribution is -0.115. The quantitative estimate of drug-likeness (QED) is 0.838. The number of hydrogen-bond acceptors (Lipinski definition) is 2. The molecule has 0 radical (unpaired) electrons. The van der Waals surface area contributed by atoms with Crippen molar-refractivity contribution in [1.29, 1.82) is 0 Å². The van der Waals surface area contributed by atoms with Crippen LogP contribution in [0.1, 0.15) is 22.3 Å². The van der Waals surface area contributed by atoms with Crippen LogP contribution in [-0.2, 0) is 11.2 Å². The molecular formula is C17H20N2O. The second-order valence-corrected chi connectivity index (χ2v) is 5.24. The highest BCUT2D eigenvalue weighted by molar-refractivity contribution is 5.93. The van der Waals surface area contributed by atoms with Crippen molar-refractivity contribution in [3.63, 3.8) is 0 Å². The second kappa shape index (κ2) is 5.78. The molecule has 0 unspecified atom stereocenters. The van der Waals surface area contributed by atoms with E-state index in [2.05, 4.69) is 5.32 Å². The smallest absolute Gasteiger partial charge is 0.228 e. The van der Waals surface area contributed by atoms with Gasteiger partial charge in [-0.3, -0.25) is 4.79 Å². The highest BCUT2D eigenvalue weighted by Crippen LogP contribution is 2.22. The summed E-state index contributed by atoms with van der Waals surface area (Å²) < 4.78 is 0. The first-order valence-corrected chi connectivity index (χ1v) is 6.68. The van der Waals surface area contributed by atoms with Crippen LogP contribution in [-0.4, -0.2) is 5.91 Å². The fourth-order valence-electron chi connectivity index (χ4n) is 2.21. The Morgan fingerprint density at radius 1 is 1.10 bits per heavy atom. The summed E-state index contributed by atoms with van der Waals surface area (Å²) in [7, 11) is 0. The topological polar surface area (TPSA) is 55.1 Å². The monoisotopic (exact) mass is 268 g/mol. The predicted octanol–water partition coefficient (Wildman–Crippen LogP) is 3.38. The van der Waals surface area contributed by atoms with Gasteiger partial charge >= 0.3 is 0 Å². The van der Waals surface area contributed by atoms with Crippen molar-refractivity contribution in [2.45, 2.75) is 27.2 Å². The maximum absolute atomic E-state index is 12.1. The molecule has 0 fully saturated rings. The van der Waals surface area contributed by atoms with E-state index in [1.165, 1.54) is 0 Å². The lowest BCUT2D eigenvalue weighted by atomic mass is 10.1. The Balaban J connectivity index is 2.10. The third-order valence-corrected chi connectivity index (χ3v) is 3.33. The second-order valence-electron chi connectivity index (χ2n) is 5.24. The zero-order valence-corrected chi connectivity index (χ0v) is 12.2. The largest absolute Gasteiger partial charge is 0.398 e. The normalized spacial score (nSPS) is 10.3. The number of rotatable bonds is 3. The van der Waals surface area contributed by atoms with Crippen LogP contribution in [0.4, 0.5) is 11.4 Å². The van der Waals surface area contributed by atoms with Gasteiger partial charge in [-0.15, -0.1) is 0 Å². The van der Waals surface area contributed by atoms with E-state index in [1.807, 2.05) is 57.2 Å². The summed E-state index contributed by atoms with van der Waals surface area (Å²) in [5.74, 6) is -0.0260. The number of nitrogens with one attached hydrogen (secondary N) is 1. The molecule has 0 saturated carbocycles. The lowest BCUT2D eigenvalue weighted by Crippen LogP contribution is -2.15. The van der Waals surface area contributed by atoms with Crippen molar-refractivity contribution in [2.24, 2.45) is 0 Å². The average Bonchev–Trinajstić information content (AvgIpc) is 2.36. The molecule has 0 bridgehead atoms. The molecule has 0 aliphatic heterocycles. The van der Waals surface area contributed by atoms with Gasteiger partial charge in [0.05, 0.1) is 6.42 Å². The van der Waals surface area contributed by atoms with Gasteiger partial charge in [0, 0.05) is 11.4 Å². The molecule has 3 N–H and O–H groups in total. The molecular weight excluding hydrogens is 248 g/mol. The van der Waals surface area contributed by atoms with Gasteiger partial charge in [-0.25, -0.2) is 0 Å². The fraction of sp³-hybridized carbons (Fsp3) is 0.235. The molecule has 0 heterocycles. The first-order chi connectivity index (χ1) is 9.45. The van der Waals surface area contributed by atoms with Crippen molar-refractivity contribution in [1.82, 2.24) is 0 Å². The predicted molar refractivity (Wildman–Crippen MR) is 83.8 cm³/mol. The van der Waals surface area contributed by atoms with Gasteiger partial charge < -0.3 is 11.1 Å². The zero-order valence-electron chi connectivity index (χ0n) is 12.2. The van der Waals surface area contributed by atoms with Gasteiger partial charge in [0.25, 0.3) is 0 Å². The maximum atomic E-state index is 12.1. The van der Waals surface area contributed by atoms with Gasteiger partial charge in [0.2, 0.25) is 5.91 Å². The van der Waals surface area contributed by atoms with Crippen LogP contribution in [0.25, 0.3) is 0 Å². The van der Waals surface area contributed by atoms with Crippen molar-refractivity contribution < 1.29 is 4.79 Å². The van der Waals surface area contributed by atoms with Crippen molar-refractivity contribution in [3.8, 4) is 0 Å². The molecule has 0 saturated heterocycles. The Morgan fingerprint density at radius 3 is 2.55 bits per heavy atom. The lowest BCUT2D eigenvalue weighted by Gasteiger charge is -2.11. The number of nitrogen functional groups attached to an aromatic ring is 1. The minimum atomic E-state index is -0.0260. The molecule has 0 atom stereocenters. The van der Waals surface area contributed by atoms with Crippen molar-refractivity contribution >= 4 is 17.3 Å². The van der Waals surface area contributed by atoms with Crippen LogP contribution in [0.3, 0.4) is 0 Å². The molecule has 3 nitrogen and oxygen atoms in total. The summed E-state index contributed by atoms with van der Waals surface area (Å²) in [5.41, 5.74) is 11.6. The van der Waals surface area contributed by atoms with Crippen molar-refractivity contribution in [3.05, 3.63) is 58.7 Å². The average molecular weight is 268 g/mol. The summed E-state index contributed by atoms with van der Waals surface area (Å²) in [5, 5.41) is 2.93. The number of benzene rings is 2. The van der Waals surface area contributed by atoms with Crippen LogP contribution in [0, 0.1) is 20.8 Å². The third kappa shape index (κ3) is 3.38. The van der Waals surface area contributed by atoms with Crippen LogP contribution >= 0.6 is 0 Å². The molecule has 1 amide bonds. The Labute approximate surface area is 119 Å². The van der Waals surface area contributed by atoms with Crippen LogP contribution in [0.2, 0.25) is 0 Å². The zero-order chi connectivity index (χ0) is 14.7.